The van der Waals surface area contributed by atoms with E-state index in [1.165, 1.54) is 6.42 Å². The predicted octanol–water partition coefficient (Wildman–Crippen LogP) is 3.07. The molecule has 0 aliphatic heterocycles. The lowest BCUT2D eigenvalue weighted by molar-refractivity contribution is 0.265. The van der Waals surface area contributed by atoms with Crippen molar-refractivity contribution in [2.24, 2.45) is 11.3 Å². The average molecular weight is 233 g/mol. The van der Waals surface area contributed by atoms with Crippen LogP contribution in [0.5, 0.6) is 0 Å². The Bertz CT molecular complexity index is 434. The van der Waals surface area contributed by atoms with E-state index in [1.54, 1.807) is 0 Å². The topological polar surface area (TPSA) is 62.7 Å². The lowest BCUT2D eigenvalue weighted by Crippen LogP contribution is -2.18. The first-order valence-corrected chi connectivity index (χ1v) is 6.27. The summed E-state index contributed by atoms with van der Waals surface area (Å²) >= 11 is 0. The summed E-state index contributed by atoms with van der Waals surface area (Å²) in [5.41, 5.74) is -0.0479. The first kappa shape index (κ1) is 12.1. The molecule has 0 bridgehead atoms. The molecular formula is C13H19N3O. The Morgan fingerprint density at radius 2 is 2.29 bits per heavy atom. The molecule has 2 rings (SSSR count). The van der Waals surface area contributed by atoms with Crippen molar-refractivity contribution in [3.8, 4) is 6.07 Å². The summed E-state index contributed by atoms with van der Waals surface area (Å²) in [5, 5.41) is 12.9. The number of hydrogen-bond donors (Lipinski definition) is 0. The SMILES string of the molecule is CCC(C)(CC#N)Cc1nc(C2CC2C)no1. The maximum atomic E-state index is 8.83. The van der Waals surface area contributed by atoms with Crippen molar-refractivity contribution in [2.75, 3.05) is 0 Å². The molecular weight excluding hydrogens is 214 g/mol. The van der Waals surface area contributed by atoms with Gasteiger partial charge >= 0.3 is 0 Å². The smallest absolute Gasteiger partial charge is 0.227 e. The molecule has 3 atom stereocenters. The van der Waals surface area contributed by atoms with Crippen molar-refractivity contribution in [1.29, 1.82) is 5.26 Å². The third kappa shape index (κ3) is 2.66. The fourth-order valence-corrected chi connectivity index (χ4v) is 2.04. The van der Waals surface area contributed by atoms with Crippen LogP contribution in [0.25, 0.3) is 0 Å². The molecule has 0 radical (unpaired) electrons. The second-order valence-electron chi connectivity index (χ2n) is 5.54. The maximum absolute atomic E-state index is 8.83. The second kappa shape index (κ2) is 4.48. The molecule has 1 aromatic heterocycles. The second-order valence-corrected chi connectivity index (χ2v) is 5.54. The van der Waals surface area contributed by atoms with Crippen molar-refractivity contribution in [2.45, 2.75) is 52.4 Å². The molecule has 1 aliphatic carbocycles. The quantitative estimate of drug-likeness (QED) is 0.784. The molecule has 3 unspecified atom stereocenters. The number of nitriles is 1. The molecule has 4 heteroatoms. The van der Waals surface area contributed by atoms with E-state index < -0.39 is 0 Å². The lowest BCUT2D eigenvalue weighted by atomic mass is 9.81. The van der Waals surface area contributed by atoms with E-state index in [1.807, 2.05) is 0 Å². The molecule has 4 nitrogen and oxygen atoms in total. The van der Waals surface area contributed by atoms with E-state index in [0.717, 1.165) is 12.2 Å². The van der Waals surface area contributed by atoms with E-state index in [2.05, 4.69) is 37.0 Å². The number of nitrogens with zero attached hydrogens (tertiary/aromatic N) is 3. The highest BCUT2D eigenvalue weighted by atomic mass is 16.5. The summed E-state index contributed by atoms with van der Waals surface area (Å²) < 4.78 is 5.29. The van der Waals surface area contributed by atoms with Crippen LogP contribution >= 0.6 is 0 Å². The summed E-state index contributed by atoms with van der Waals surface area (Å²) in [6.45, 7) is 6.39. The molecule has 0 amide bonds. The Kier molecular flexibility index (Phi) is 3.19. The van der Waals surface area contributed by atoms with Crippen LogP contribution in [-0.4, -0.2) is 10.1 Å². The van der Waals surface area contributed by atoms with Crippen molar-refractivity contribution >= 4 is 0 Å². The third-order valence-corrected chi connectivity index (χ3v) is 3.86. The van der Waals surface area contributed by atoms with E-state index in [-0.39, 0.29) is 5.41 Å². The van der Waals surface area contributed by atoms with Gasteiger partial charge in [-0.1, -0.05) is 25.9 Å². The monoisotopic (exact) mass is 233 g/mol. The summed E-state index contributed by atoms with van der Waals surface area (Å²) in [6.07, 6.45) is 3.34. The highest BCUT2D eigenvalue weighted by Crippen LogP contribution is 2.45. The van der Waals surface area contributed by atoms with Crippen molar-refractivity contribution < 1.29 is 4.52 Å². The Balaban J connectivity index is 2.03. The van der Waals surface area contributed by atoms with Gasteiger partial charge in [0.2, 0.25) is 5.89 Å². The molecule has 0 aromatic carbocycles. The number of rotatable bonds is 5. The Labute approximate surface area is 102 Å². The average Bonchev–Trinajstić information content (AvgIpc) is 2.85. The van der Waals surface area contributed by atoms with E-state index >= 15 is 0 Å². The molecule has 92 valence electrons. The molecule has 1 aliphatic rings. The molecule has 0 N–H and O–H groups in total. The van der Waals surface area contributed by atoms with E-state index in [4.69, 9.17) is 9.78 Å². The molecule has 1 heterocycles. The molecule has 0 spiro atoms. The van der Waals surface area contributed by atoms with Crippen LogP contribution < -0.4 is 0 Å². The van der Waals surface area contributed by atoms with E-state index in [9.17, 15) is 0 Å². The lowest BCUT2D eigenvalue weighted by Gasteiger charge is -2.22. The largest absolute Gasteiger partial charge is 0.339 e. The van der Waals surface area contributed by atoms with Gasteiger partial charge in [0.15, 0.2) is 5.82 Å². The van der Waals surface area contributed by atoms with Gasteiger partial charge in [0.1, 0.15) is 0 Å². The van der Waals surface area contributed by atoms with Crippen LogP contribution in [0.4, 0.5) is 0 Å². The van der Waals surface area contributed by atoms with E-state index in [0.29, 0.717) is 30.6 Å². The molecule has 17 heavy (non-hydrogen) atoms. The van der Waals surface area contributed by atoms with Crippen molar-refractivity contribution in [1.82, 2.24) is 10.1 Å². The van der Waals surface area contributed by atoms with Crippen molar-refractivity contribution in [3.63, 3.8) is 0 Å². The standard InChI is InChI=1S/C13H19N3O/c1-4-13(3,5-6-14)8-11-15-12(16-17-11)10-7-9(10)2/h9-10H,4-5,7-8H2,1-3H3. The Morgan fingerprint density at radius 3 is 2.82 bits per heavy atom. The zero-order valence-electron chi connectivity index (χ0n) is 10.7. The molecule has 1 aromatic rings. The first-order chi connectivity index (χ1) is 8.08. The van der Waals surface area contributed by atoms with Gasteiger partial charge in [-0.2, -0.15) is 10.2 Å². The minimum atomic E-state index is -0.0479. The van der Waals surface area contributed by atoms with Crippen LogP contribution in [0.1, 0.15) is 57.7 Å². The summed E-state index contributed by atoms with van der Waals surface area (Å²) in [5.74, 6) is 2.72. The molecule has 0 saturated heterocycles. The van der Waals surface area contributed by atoms with Gasteiger partial charge in [0.05, 0.1) is 6.07 Å². The molecule has 1 saturated carbocycles. The summed E-state index contributed by atoms with van der Waals surface area (Å²) in [6, 6.07) is 2.24. The molecule has 1 fully saturated rings. The van der Waals surface area contributed by atoms with Crippen LogP contribution in [0.2, 0.25) is 0 Å². The fourth-order valence-electron chi connectivity index (χ4n) is 2.04. The zero-order valence-corrected chi connectivity index (χ0v) is 10.7. The van der Waals surface area contributed by atoms with Gasteiger partial charge in [0, 0.05) is 18.8 Å². The van der Waals surface area contributed by atoms with Crippen LogP contribution in [0, 0.1) is 22.7 Å². The van der Waals surface area contributed by atoms with Gasteiger partial charge in [-0.15, -0.1) is 0 Å². The highest BCUT2D eigenvalue weighted by Gasteiger charge is 2.38. The predicted molar refractivity (Wildman–Crippen MR) is 63.2 cm³/mol. The summed E-state index contributed by atoms with van der Waals surface area (Å²) in [4.78, 5) is 4.45. The first-order valence-electron chi connectivity index (χ1n) is 6.27. The Hall–Kier alpha value is -1.37. The number of hydrogen-bond acceptors (Lipinski definition) is 4. The maximum Gasteiger partial charge on any atom is 0.227 e. The van der Waals surface area contributed by atoms with Crippen LogP contribution in [0.15, 0.2) is 4.52 Å². The van der Waals surface area contributed by atoms with Gasteiger partial charge in [-0.25, -0.2) is 0 Å². The van der Waals surface area contributed by atoms with Gasteiger partial charge in [-0.05, 0) is 24.2 Å². The van der Waals surface area contributed by atoms with Crippen molar-refractivity contribution in [3.05, 3.63) is 11.7 Å². The van der Waals surface area contributed by atoms with Gasteiger partial charge < -0.3 is 4.52 Å². The highest BCUT2D eigenvalue weighted by molar-refractivity contribution is 5.08. The summed E-state index contributed by atoms with van der Waals surface area (Å²) in [7, 11) is 0. The normalized spacial score (nSPS) is 26.2. The number of aromatic nitrogens is 2. The minimum absolute atomic E-state index is 0.0479. The Morgan fingerprint density at radius 1 is 1.59 bits per heavy atom. The fraction of sp³-hybridized carbons (Fsp3) is 0.769. The van der Waals surface area contributed by atoms with Crippen LogP contribution in [0.3, 0.4) is 0 Å². The zero-order chi connectivity index (χ0) is 12.5. The van der Waals surface area contributed by atoms with Gasteiger partial charge in [-0.3, -0.25) is 0 Å². The minimum Gasteiger partial charge on any atom is -0.339 e. The third-order valence-electron chi connectivity index (χ3n) is 3.86. The van der Waals surface area contributed by atoms with Crippen LogP contribution in [-0.2, 0) is 6.42 Å². The van der Waals surface area contributed by atoms with Gasteiger partial charge in [0.25, 0.3) is 0 Å².